The number of hydrogen-bond donors (Lipinski definition) is 1. The second-order valence-corrected chi connectivity index (χ2v) is 13.4. The molecule has 0 radical (unpaired) electrons. The van der Waals surface area contributed by atoms with Gasteiger partial charge in [0.2, 0.25) is 11.8 Å². The maximum atomic E-state index is 14.0. The van der Waals surface area contributed by atoms with Gasteiger partial charge in [-0.15, -0.1) is 0 Å². The minimum atomic E-state index is -0.659. The molecule has 4 aromatic heterocycles. The van der Waals surface area contributed by atoms with Crippen molar-refractivity contribution in [3.05, 3.63) is 58.5 Å². The molecule has 1 unspecified atom stereocenters. The van der Waals surface area contributed by atoms with E-state index in [1.807, 2.05) is 12.1 Å². The number of likely N-dealkylation sites (tertiary alicyclic amines) is 1. The predicted molar refractivity (Wildman–Crippen MR) is 172 cm³/mol. The van der Waals surface area contributed by atoms with Crippen molar-refractivity contribution in [2.75, 3.05) is 31.6 Å². The lowest BCUT2D eigenvalue weighted by Crippen LogP contribution is -2.47. The summed E-state index contributed by atoms with van der Waals surface area (Å²) in [6, 6.07) is 4.90. The number of hydrogen-bond acceptors (Lipinski definition) is 10. The smallest absolute Gasteiger partial charge is 0.248 e. The number of nitrogens with zero attached hydrogens (tertiary/aromatic N) is 8. The van der Waals surface area contributed by atoms with Gasteiger partial charge in [-0.1, -0.05) is 13.0 Å². The van der Waals surface area contributed by atoms with Crippen LogP contribution < -0.4 is 5.32 Å². The largest absolute Gasteiger partial charge is 0.379 e. The van der Waals surface area contributed by atoms with Crippen LogP contribution in [-0.4, -0.2) is 95.5 Å². The number of Topliss-reactive ketones (excluding diaryl/α,β-unsaturated/α-hetero) is 1. The van der Waals surface area contributed by atoms with Crippen molar-refractivity contribution in [3.63, 3.8) is 0 Å². The Morgan fingerprint density at radius 1 is 1.09 bits per heavy atom. The number of nitrogens with one attached hydrogen (secondary N) is 1. The van der Waals surface area contributed by atoms with Crippen LogP contribution in [0.15, 0.2) is 41.4 Å². The Hall–Kier alpha value is -4.14. The lowest BCUT2D eigenvalue weighted by atomic mass is 10.0. The topological polar surface area (TPSA) is 148 Å². The third-order valence-corrected chi connectivity index (χ3v) is 9.68. The van der Waals surface area contributed by atoms with Crippen LogP contribution in [-0.2, 0) is 27.4 Å². The van der Waals surface area contributed by atoms with Crippen LogP contribution in [0.25, 0.3) is 22.2 Å². The Kier molecular flexibility index (Phi) is 7.89. The molecule has 0 bridgehead atoms. The summed E-state index contributed by atoms with van der Waals surface area (Å²) < 4.78 is 7.61. The first-order chi connectivity index (χ1) is 22.1. The van der Waals surface area contributed by atoms with E-state index >= 15 is 0 Å². The summed E-state index contributed by atoms with van der Waals surface area (Å²) in [6.07, 6.45) is 6.37. The molecule has 6 heterocycles. The summed E-state index contributed by atoms with van der Waals surface area (Å²) in [5.74, 6) is 0.391. The molecule has 1 N–H and O–H groups in total. The number of amides is 2. The molecule has 3 fully saturated rings. The Morgan fingerprint density at radius 3 is 2.59 bits per heavy atom. The van der Waals surface area contributed by atoms with Crippen molar-refractivity contribution in [2.24, 2.45) is 5.41 Å². The van der Waals surface area contributed by atoms with Gasteiger partial charge in [0, 0.05) is 61.5 Å². The zero-order valence-electron chi connectivity index (χ0n) is 25.9. The zero-order chi connectivity index (χ0) is 32.2. The number of rotatable bonds is 8. The maximum Gasteiger partial charge on any atom is 0.248 e. The average Bonchev–Trinajstić information content (AvgIpc) is 3.40. The van der Waals surface area contributed by atoms with Gasteiger partial charge < -0.3 is 15.0 Å². The number of morpholine rings is 1. The predicted octanol–water partition coefficient (Wildman–Crippen LogP) is 3.41. The first-order valence-corrected chi connectivity index (χ1v) is 16.1. The van der Waals surface area contributed by atoms with E-state index in [1.54, 1.807) is 36.5 Å². The Labute approximate surface area is 273 Å². The van der Waals surface area contributed by atoms with Crippen LogP contribution in [0.3, 0.4) is 0 Å². The number of aromatic nitrogens is 6. The number of carbonyl (C=O) groups is 3. The molecule has 3 atom stereocenters. The Morgan fingerprint density at radius 2 is 1.85 bits per heavy atom. The monoisotopic (exact) mass is 687 g/mol. The van der Waals surface area contributed by atoms with Crippen LogP contribution in [0.1, 0.15) is 48.6 Å². The molecule has 238 valence electrons. The van der Waals surface area contributed by atoms with Gasteiger partial charge in [-0.25, -0.2) is 15.0 Å². The highest BCUT2D eigenvalue weighted by Crippen LogP contribution is 2.59. The van der Waals surface area contributed by atoms with Crippen LogP contribution in [0.4, 0.5) is 5.82 Å². The number of aryl methyl sites for hydroxylation is 1. The highest BCUT2D eigenvalue weighted by Gasteiger charge is 2.64. The van der Waals surface area contributed by atoms with E-state index in [0.717, 1.165) is 25.1 Å². The maximum absolute atomic E-state index is 14.0. The summed E-state index contributed by atoms with van der Waals surface area (Å²) in [4.78, 5) is 62.1. The van der Waals surface area contributed by atoms with Gasteiger partial charge in [-0.05, 0) is 53.2 Å². The highest BCUT2D eigenvalue weighted by molar-refractivity contribution is 9.10. The van der Waals surface area contributed by atoms with Crippen LogP contribution in [0, 0.1) is 12.3 Å². The zero-order valence-corrected chi connectivity index (χ0v) is 27.5. The SMILES string of the molecule is CC(=O)c1nn(CC(=O)N2C3C[C@]3(C)C[C@H]2C(=O)Nc2nc(Br)ccc2CN2CCOCC2)c2cnc(-c3cnc(C)nc3)cc12. The quantitative estimate of drug-likeness (QED) is 0.216. The third kappa shape index (κ3) is 5.80. The van der Waals surface area contributed by atoms with Gasteiger partial charge in [0.25, 0.3) is 0 Å². The van der Waals surface area contributed by atoms with E-state index in [2.05, 4.69) is 58.1 Å². The minimum absolute atomic E-state index is 0.0422. The standard InChI is InChI=1S/C32H34BrN9O4/c1-18(43)29-22-10-23(21-13-34-19(2)35-14-21)36-15-25(22)41(39-29)17-28(44)42-24(11-32(3)12-26(32)42)31(45)38-30-20(4-5-27(33)37-30)16-40-6-8-46-9-7-40/h4-5,10,13-15,24,26H,6-9,11-12,16-17H2,1-3H3,(H,37,38,45)/t24-,26?,32-/m0/s1. The molecule has 4 aromatic rings. The van der Waals surface area contributed by atoms with Crippen molar-refractivity contribution >= 4 is 50.2 Å². The first kappa shape index (κ1) is 30.5. The molecule has 14 heteroatoms. The molecule has 13 nitrogen and oxygen atoms in total. The summed E-state index contributed by atoms with van der Waals surface area (Å²) in [7, 11) is 0. The number of anilines is 1. The lowest BCUT2D eigenvalue weighted by Gasteiger charge is -2.28. The van der Waals surface area contributed by atoms with Crippen molar-refractivity contribution < 1.29 is 19.1 Å². The average molecular weight is 689 g/mol. The van der Waals surface area contributed by atoms with Gasteiger partial charge >= 0.3 is 0 Å². The molecular formula is C32H34BrN9O4. The van der Waals surface area contributed by atoms with Gasteiger partial charge in [-0.2, -0.15) is 5.10 Å². The van der Waals surface area contributed by atoms with Crippen LogP contribution in [0.2, 0.25) is 0 Å². The molecule has 7 rings (SSSR count). The number of piperidine rings is 1. The van der Waals surface area contributed by atoms with Crippen molar-refractivity contribution in [1.82, 2.24) is 39.5 Å². The van der Waals surface area contributed by atoms with E-state index in [0.29, 0.717) is 64.6 Å². The molecule has 2 aliphatic heterocycles. The van der Waals surface area contributed by atoms with E-state index < -0.39 is 6.04 Å². The van der Waals surface area contributed by atoms with E-state index in [1.165, 1.54) is 11.6 Å². The Balaban J connectivity index is 1.13. The second-order valence-electron chi connectivity index (χ2n) is 12.6. The summed E-state index contributed by atoms with van der Waals surface area (Å²) in [5, 5.41) is 8.17. The molecule has 1 aliphatic carbocycles. The number of halogens is 1. The van der Waals surface area contributed by atoms with Gasteiger partial charge in [-0.3, -0.25) is 28.9 Å². The van der Waals surface area contributed by atoms with Crippen molar-refractivity contribution in [1.29, 1.82) is 0 Å². The van der Waals surface area contributed by atoms with Gasteiger partial charge in [0.05, 0.1) is 30.6 Å². The molecule has 3 aliphatic rings. The normalized spacial score (nSPS) is 22.6. The molecule has 0 aromatic carbocycles. The number of carbonyl (C=O) groups excluding carboxylic acids is 3. The molecular weight excluding hydrogens is 654 g/mol. The second kappa shape index (κ2) is 11.9. The fourth-order valence-corrected chi connectivity index (χ4v) is 6.91. The first-order valence-electron chi connectivity index (χ1n) is 15.3. The van der Waals surface area contributed by atoms with Gasteiger partial charge in [0.15, 0.2) is 5.78 Å². The van der Waals surface area contributed by atoms with Gasteiger partial charge in [0.1, 0.15) is 34.5 Å². The fraction of sp³-hybridized carbons (Fsp3) is 0.438. The van der Waals surface area contributed by atoms with E-state index in [4.69, 9.17) is 4.74 Å². The minimum Gasteiger partial charge on any atom is -0.379 e. The molecule has 46 heavy (non-hydrogen) atoms. The molecule has 0 spiro atoms. The third-order valence-electron chi connectivity index (χ3n) is 9.24. The highest BCUT2D eigenvalue weighted by atomic mass is 79.9. The summed E-state index contributed by atoms with van der Waals surface area (Å²) in [5.41, 5.74) is 2.88. The summed E-state index contributed by atoms with van der Waals surface area (Å²) in [6.45, 7) is 8.81. The number of ether oxygens (including phenoxy) is 1. The molecule has 2 saturated heterocycles. The molecule has 1 saturated carbocycles. The Bertz CT molecular complexity index is 1860. The summed E-state index contributed by atoms with van der Waals surface area (Å²) >= 11 is 3.44. The number of fused-ring (bicyclic) bond motifs is 2. The fourth-order valence-electron chi connectivity index (χ4n) is 6.61. The van der Waals surface area contributed by atoms with E-state index in [9.17, 15) is 14.4 Å². The number of pyridine rings is 2. The van der Waals surface area contributed by atoms with Crippen molar-refractivity contribution in [2.45, 2.75) is 58.8 Å². The lowest BCUT2D eigenvalue weighted by molar-refractivity contribution is -0.138. The molecule has 2 amide bonds. The van der Waals surface area contributed by atoms with Crippen LogP contribution >= 0.6 is 15.9 Å². The van der Waals surface area contributed by atoms with E-state index in [-0.39, 0.29) is 41.3 Å². The van der Waals surface area contributed by atoms with Crippen LogP contribution in [0.5, 0.6) is 0 Å². The van der Waals surface area contributed by atoms with Crippen molar-refractivity contribution in [3.8, 4) is 11.3 Å². The number of ketones is 1.